The van der Waals surface area contributed by atoms with Gasteiger partial charge in [0.15, 0.2) is 0 Å². The van der Waals surface area contributed by atoms with E-state index in [9.17, 15) is 18.3 Å². The molecule has 2 nitrogen and oxygen atoms in total. The molecule has 112 valence electrons. The largest absolute Gasteiger partial charge is 0.497 e. The maximum absolute atomic E-state index is 13.0. The van der Waals surface area contributed by atoms with Gasteiger partial charge in [-0.25, -0.2) is 0 Å². The lowest BCUT2D eigenvalue weighted by Crippen LogP contribution is -2.13. The molecule has 1 N–H and O–H groups in total. The zero-order chi connectivity index (χ0) is 15.6. The average Bonchev–Trinajstić information content (AvgIpc) is 2.45. The molecule has 0 saturated carbocycles. The van der Waals surface area contributed by atoms with Crippen LogP contribution in [0.1, 0.15) is 28.4 Å². The van der Waals surface area contributed by atoms with E-state index in [2.05, 4.69) is 0 Å². The standard InChI is InChI=1S/C16H15F3O2/c1-10-9-11(21-2)7-8-12(10)15(20)13-5-3-4-6-14(13)16(17,18)19/h3-9,15,20H,1-2H3. The van der Waals surface area contributed by atoms with E-state index in [0.717, 1.165) is 6.07 Å². The van der Waals surface area contributed by atoms with Crippen LogP contribution < -0.4 is 4.74 Å². The number of aliphatic hydroxyl groups is 1. The quantitative estimate of drug-likeness (QED) is 0.924. The first-order chi connectivity index (χ1) is 9.84. The first-order valence-corrected chi connectivity index (χ1v) is 6.33. The molecule has 0 spiro atoms. The number of hydrogen-bond acceptors (Lipinski definition) is 2. The van der Waals surface area contributed by atoms with E-state index in [1.807, 2.05) is 0 Å². The highest BCUT2D eigenvalue weighted by atomic mass is 19.4. The van der Waals surface area contributed by atoms with Crippen molar-refractivity contribution in [2.45, 2.75) is 19.2 Å². The molecule has 0 aliphatic rings. The number of alkyl halides is 3. The first-order valence-electron chi connectivity index (χ1n) is 6.33. The fourth-order valence-electron chi connectivity index (χ4n) is 2.24. The van der Waals surface area contributed by atoms with Gasteiger partial charge in [0.1, 0.15) is 11.9 Å². The molecule has 2 rings (SSSR count). The van der Waals surface area contributed by atoms with Crippen molar-refractivity contribution in [2.75, 3.05) is 7.11 Å². The van der Waals surface area contributed by atoms with Crippen LogP contribution >= 0.6 is 0 Å². The Hall–Kier alpha value is -2.01. The molecule has 0 aliphatic carbocycles. The molecule has 1 unspecified atom stereocenters. The number of halogens is 3. The summed E-state index contributed by atoms with van der Waals surface area (Å²) in [7, 11) is 1.50. The predicted octanol–water partition coefficient (Wildman–Crippen LogP) is 4.10. The molecule has 0 radical (unpaired) electrons. The summed E-state index contributed by atoms with van der Waals surface area (Å²) in [6.45, 7) is 1.72. The third-order valence-electron chi connectivity index (χ3n) is 3.33. The molecule has 0 fully saturated rings. The van der Waals surface area contributed by atoms with Crippen molar-refractivity contribution in [3.63, 3.8) is 0 Å². The Morgan fingerprint density at radius 2 is 1.71 bits per heavy atom. The average molecular weight is 296 g/mol. The van der Waals surface area contributed by atoms with Gasteiger partial charge in [-0.05, 0) is 41.8 Å². The highest BCUT2D eigenvalue weighted by Gasteiger charge is 2.35. The number of methoxy groups -OCH3 is 1. The Bertz CT molecular complexity index is 636. The lowest BCUT2D eigenvalue weighted by molar-refractivity contribution is -0.139. The number of benzene rings is 2. The van der Waals surface area contributed by atoms with E-state index in [1.54, 1.807) is 25.1 Å². The molecular formula is C16H15F3O2. The summed E-state index contributed by atoms with van der Waals surface area (Å²) in [4.78, 5) is 0. The minimum atomic E-state index is -4.50. The van der Waals surface area contributed by atoms with Gasteiger partial charge in [0, 0.05) is 0 Å². The van der Waals surface area contributed by atoms with Crippen molar-refractivity contribution in [3.8, 4) is 5.75 Å². The molecule has 2 aromatic rings. The van der Waals surface area contributed by atoms with Gasteiger partial charge in [0.2, 0.25) is 0 Å². The summed E-state index contributed by atoms with van der Waals surface area (Å²) < 4.78 is 44.1. The van der Waals surface area contributed by atoms with E-state index >= 15 is 0 Å². The van der Waals surface area contributed by atoms with E-state index in [1.165, 1.54) is 25.3 Å². The van der Waals surface area contributed by atoms with E-state index < -0.39 is 17.8 Å². The van der Waals surface area contributed by atoms with Crippen LogP contribution in [0.3, 0.4) is 0 Å². The molecule has 0 bridgehead atoms. The van der Waals surface area contributed by atoms with E-state index in [4.69, 9.17) is 4.74 Å². The van der Waals surface area contributed by atoms with Crippen LogP contribution in [0.2, 0.25) is 0 Å². The van der Waals surface area contributed by atoms with Gasteiger partial charge in [-0.1, -0.05) is 24.3 Å². The van der Waals surface area contributed by atoms with Crippen LogP contribution in [-0.2, 0) is 6.18 Å². The lowest BCUT2D eigenvalue weighted by Gasteiger charge is -2.19. The zero-order valence-electron chi connectivity index (χ0n) is 11.6. The minimum absolute atomic E-state index is 0.154. The predicted molar refractivity (Wildman–Crippen MR) is 73.2 cm³/mol. The number of aliphatic hydroxyl groups excluding tert-OH is 1. The monoisotopic (exact) mass is 296 g/mol. The van der Waals surface area contributed by atoms with Crippen LogP contribution in [-0.4, -0.2) is 12.2 Å². The molecule has 5 heteroatoms. The van der Waals surface area contributed by atoms with Crippen molar-refractivity contribution < 1.29 is 23.0 Å². The number of hydrogen-bond donors (Lipinski definition) is 1. The lowest BCUT2D eigenvalue weighted by atomic mass is 9.93. The molecule has 0 heterocycles. The van der Waals surface area contributed by atoms with Gasteiger partial charge in [0.25, 0.3) is 0 Å². The highest BCUT2D eigenvalue weighted by molar-refractivity contribution is 5.43. The normalized spacial score (nSPS) is 13.0. The summed E-state index contributed by atoms with van der Waals surface area (Å²) in [6, 6.07) is 9.91. The van der Waals surface area contributed by atoms with Gasteiger partial charge in [-0.15, -0.1) is 0 Å². The Balaban J connectivity index is 2.48. The fourth-order valence-corrected chi connectivity index (χ4v) is 2.24. The molecule has 0 amide bonds. The van der Waals surface area contributed by atoms with Gasteiger partial charge in [-0.3, -0.25) is 0 Å². The van der Waals surface area contributed by atoms with Gasteiger partial charge >= 0.3 is 6.18 Å². The van der Waals surface area contributed by atoms with Crippen molar-refractivity contribution in [1.82, 2.24) is 0 Å². The molecule has 2 aromatic carbocycles. The Labute approximate surface area is 120 Å². The number of rotatable bonds is 3. The van der Waals surface area contributed by atoms with Gasteiger partial charge in [-0.2, -0.15) is 13.2 Å². The third kappa shape index (κ3) is 3.19. The van der Waals surface area contributed by atoms with Crippen molar-refractivity contribution >= 4 is 0 Å². The van der Waals surface area contributed by atoms with Gasteiger partial charge < -0.3 is 9.84 Å². The second kappa shape index (κ2) is 5.77. The fraction of sp³-hybridized carbons (Fsp3) is 0.250. The molecular weight excluding hydrogens is 281 g/mol. The molecule has 0 saturated heterocycles. The topological polar surface area (TPSA) is 29.5 Å². The van der Waals surface area contributed by atoms with Gasteiger partial charge in [0.05, 0.1) is 12.7 Å². The van der Waals surface area contributed by atoms with E-state index in [0.29, 0.717) is 16.9 Å². The Kier molecular flexibility index (Phi) is 4.23. The molecule has 1 atom stereocenters. The summed E-state index contributed by atoms with van der Waals surface area (Å²) in [5, 5.41) is 10.3. The second-order valence-corrected chi connectivity index (χ2v) is 4.71. The SMILES string of the molecule is COc1ccc(C(O)c2ccccc2C(F)(F)F)c(C)c1. The van der Waals surface area contributed by atoms with E-state index in [-0.39, 0.29) is 5.56 Å². The zero-order valence-corrected chi connectivity index (χ0v) is 11.6. The van der Waals surface area contributed by atoms with Crippen molar-refractivity contribution in [1.29, 1.82) is 0 Å². The summed E-state index contributed by atoms with van der Waals surface area (Å²) in [5.74, 6) is 0.590. The second-order valence-electron chi connectivity index (χ2n) is 4.71. The summed E-state index contributed by atoms with van der Waals surface area (Å²) in [5.41, 5.74) is 0.109. The summed E-state index contributed by atoms with van der Waals surface area (Å²) >= 11 is 0. The molecule has 0 aliphatic heterocycles. The van der Waals surface area contributed by atoms with Crippen LogP contribution in [0.25, 0.3) is 0 Å². The van der Waals surface area contributed by atoms with Crippen molar-refractivity contribution in [3.05, 3.63) is 64.7 Å². The summed E-state index contributed by atoms with van der Waals surface area (Å²) in [6.07, 6.45) is -5.84. The van der Waals surface area contributed by atoms with Crippen LogP contribution in [0.5, 0.6) is 5.75 Å². The smallest absolute Gasteiger partial charge is 0.416 e. The first kappa shape index (κ1) is 15.4. The van der Waals surface area contributed by atoms with Crippen molar-refractivity contribution in [2.24, 2.45) is 0 Å². The maximum Gasteiger partial charge on any atom is 0.416 e. The maximum atomic E-state index is 13.0. The van der Waals surface area contributed by atoms with Crippen LogP contribution in [0.15, 0.2) is 42.5 Å². The Morgan fingerprint density at radius 3 is 2.29 bits per heavy atom. The number of ether oxygens (including phenoxy) is 1. The van der Waals surface area contributed by atoms with Crippen LogP contribution in [0.4, 0.5) is 13.2 Å². The minimum Gasteiger partial charge on any atom is -0.497 e. The van der Waals surface area contributed by atoms with Crippen LogP contribution in [0, 0.1) is 6.92 Å². The molecule has 21 heavy (non-hydrogen) atoms. The number of aryl methyl sites for hydroxylation is 1. The Morgan fingerprint density at radius 1 is 1.05 bits per heavy atom. The molecule has 0 aromatic heterocycles. The third-order valence-corrected chi connectivity index (χ3v) is 3.33. The highest BCUT2D eigenvalue weighted by Crippen LogP contribution is 2.37.